The number of rotatable bonds is 11. The number of hydrogen-bond donors (Lipinski definition) is 1. The molecule has 4 heteroatoms. The summed E-state index contributed by atoms with van der Waals surface area (Å²) in [5.41, 5.74) is 6.42. The zero-order valence-electron chi connectivity index (χ0n) is 23.2. The van der Waals surface area contributed by atoms with E-state index in [4.69, 9.17) is 9.47 Å². The van der Waals surface area contributed by atoms with E-state index in [9.17, 15) is 9.90 Å². The van der Waals surface area contributed by atoms with Crippen molar-refractivity contribution in [2.24, 2.45) is 11.3 Å². The third-order valence-electron chi connectivity index (χ3n) is 9.00. The summed E-state index contributed by atoms with van der Waals surface area (Å²) >= 11 is 0. The minimum Gasteiger partial charge on any atom is -0.490 e. The molecular weight excluding hydrogens is 484 g/mol. The molecule has 204 valence electrons. The van der Waals surface area contributed by atoms with Crippen molar-refractivity contribution in [2.75, 3.05) is 0 Å². The zero-order chi connectivity index (χ0) is 27.0. The summed E-state index contributed by atoms with van der Waals surface area (Å²) in [6.45, 7) is 5.30. The van der Waals surface area contributed by atoms with Gasteiger partial charge in [0.25, 0.3) is 0 Å². The quantitative estimate of drug-likeness (QED) is 0.272. The van der Waals surface area contributed by atoms with Gasteiger partial charge in [-0.15, -0.1) is 0 Å². The highest BCUT2D eigenvalue weighted by Gasteiger charge is 2.37. The molecule has 0 bridgehead atoms. The van der Waals surface area contributed by atoms with Gasteiger partial charge in [-0.2, -0.15) is 0 Å². The Morgan fingerprint density at radius 1 is 0.949 bits per heavy atom. The van der Waals surface area contributed by atoms with E-state index in [1.807, 2.05) is 18.2 Å². The van der Waals surface area contributed by atoms with Crippen LogP contribution in [0.3, 0.4) is 0 Å². The van der Waals surface area contributed by atoms with Crippen molar-refractivity contribution in [3.05, 3.63) is 83.4 Å². The van der Waals surface area contributed by atoms with Crippen molar-refractivity contribution in [2.45, 2.75) is 89.8 Å². The lowest BCUT2D eigenvalue weighted by Gasteiger charge is -2.30. The van der Waals surface area contributed by atoms with E-state index in [0.29, 0.717) is 24.5 Å². The molecule has 4 nitrogen and oxygen atoms in total. The monoisotopic (exact) mass is 524 g/mol. The molecule has 0 aromatic heterocycles. The SMILES string of the molecule is CC1(C)CCC[C@H]1c1cc(COc2cccc([C@H](CC(=O)O)C3CC3)c2)ccc1-c1cccc(OC2CC2)c1. The number of carbonyl (C=O) groups is 1. The molecule has 0 radical (unpaired) electrons. The van der Waals surface area contributed by atoms with Crippen LogP contribution in [0.1, 0.15) is 93.7 Å². The van der Waals surface area contributed by atoms with Crippen LogP contribution in [0.5, 0.6) is 11.5 Å². The van der Waals surface area contributed by atoms with Crippen molar-refractivity contribution in [1.82, 2.24) is 0 Å². The lowest BCUT2D eigenvalue weighted by atomic mass is 9.75. The van der Waals surface area contributed by atoms with Gasteiger partial charge in [-0.05, 0) is 114 Å². The van der Waals surface area contributed by atoms with Gasteiger partial charge < -0.3 is 14.6 Å². The Hall–Kier alpha value is -3.27. The minimum atomic E-state index is -0.731. The molecule has 39 heavy (non-hydrogen) atoms. The van der Waals surface area contributed by atoms with E-state index in [1.54, 1.807) is 0 Å². The third kappa shape index (κ3) is 6.16. The Balaban J connectivity index is 1.25. The minimum absolute atomic E-state index is 0.0705. The molecule has 0 spiro atoms. The number of carboxylic acid groups (broad SMARTS) is 1. The van der Waals surface area contributed by atoms with E-state index < -0.39 is 5.97 Å². The molecule has 3 fully saturated rings. The Labute approximate surface area is 232 Å². The highest BCUT2D eigenvalue weighted by molar-refractivity contribution is 5.70. The van der Waals surface area contributed by atoms with Crippen LogP contribution in [0, 0.1) is 11.3 Å². The molecule has 2 atom stereocenters. The van der Waals surface area contributed by atoms with E-state index in [2.05, 4.69) is 62.4 Å². The normalized spacial score (nSPS) is 20.9. The lowest BCUT2D eigenvalue weighted by molar-refractivity contribution is -0.137. The van der Waals surface area contributed by atoms with Crippen LogP contribution < -0.4 is 9.47 Å². The molecule has 3 aromatic carbocycles. The van der Waals surface area contributed by atoms with Crippen molar-refractivity contribution in [3.63, 3.8) is 0 Å². The van der Waals surface area contributed by atoms with E-state index >= 15 is 0 Å². The first-order valence-corrected chi connectivity index (χ1v) is 14.7. The van der Waals surface area contributed by atoms with Gasteiger partial charge >= 0.3 is 5.97 Å². The molecule has 3 aromatic rings. The summed E-state index contributed by atoms with van der Waals surface area (Å²) in [6, 6.07) is 23.5. The summed E-state index contributed by atoms with van der Waals surface area (Å²) in [6.07, 6.45) is 8.82. The maximum Gasteiger partial charge on any atom is 0.303 e. The van der Waals surface area contributed by atoms with E-state index in [0.717, 1.165) is 48.3 Å². The van der Waals surface area contributed by atoms with Gasteiger partial charge in [-0.25, -0.2) is 0 Å². The first-order valence-electron chi connectivity index (χ1n) is 14.7. The van der Waals surface area contributed by atoms with Gasteiger partial charge in [-0.3, -0.25) is 4.79 Å². The largest absolute Gasteiger partial charge is 0.490 e. The summed E-state index contributed by atoms with van der Waals surface area (Å²) < 4.78 is 12.4. The Bertz CT molecular complexity index is 1330. The number of aliphatic carboxylic acids is 1. The number of benzene rings is 3. The second-order valence-electron chi connectivity index (χ2n) is 12.6. The summed E-state index contributed by atoms with van der Waals surface area (Å²) in [7, 11) is 0. The Morgan fingerprint density at radius 2 is 1.74 bits per heavy atom. The molecule has 0 aliphatic heterocycles. The second-order valence-corrected chi connectivity index (χ2v) is 12.6. The Kier molecular flexibility index (Phi) is 7.14. The van der Waals surface area contributed by atoms with Gasteiger partial charge in [0.15, 0.2) is 0 Å². The standard InChI is InChI=1S/C35H40O4/c1-35(2)17-5-10-33(35)32-18-23(11-16-30(32)25-6-4-9-29(20-25)39-27-14-15-27)22-38-28-8-3-7-26(19-28)31(21-34(36)37)24-12-13-24/h3-4,6-9,11,16,18-20,24,27,31,33H,5,10,12-15,17,21-22H2,1-2H3,(H,36,37)/t31-,33+/m1/s1. The maximum atomic E-state index is 11.5. The third-order valence-corrected chi connectivity index (χ3v) is 9.00. The first-order chi connectivity index (χ1) is 18.9. The second kappa shape index (κ2) is 10.7. The van der Waals surface area contributed by atoms with Gasteiger partial charge in [0.2, 0.25) is 0 Å². The van der Waals surface area contributed by atoms with Gasteiger partial charge in [0.05, 0.1) is 12.5 Å². The van der Waals surface area contributed by atoms with Gasteiger partial charge in [0.1, 0.15) is 18.1 Å². The summed E-state index contributed by atoms with van der Waals surface area (Å²) in [4.78, 5) is 11.5. The van der Waals surface area contributed by atoms with Crippen molar-refractivity contribution < 1.29 is 19.4 Å². The average Bonchev–Trinajstić information content (AvgIpc) is 3.85. The van der Waals surface area contributed by atoms with Crippen LogP contribution in [0.2, 0.25) is 0 Å². The molecule has 3 aliphatic rings. The van der Waals surface area contributed by atoms with E-state index in [-0.39, 0.29) is 17.8 Å². The molecule has 3 aliphatic carbocycles. The molecule has 0 saturated heterocycles. The fraction of sp³-hybridized carbons (Fsp3) is 0.457. The Morgan fingerprint density at radius 3 is 2.46 bits per heavy atom. The van der Waals surface area contributed by atoms with Gasteiger partial charge in [0, 0.05) is 0 Å². The molecule has 0 unspecified atom stereocenters. The predicted octanol–water partition coefficient (Wildman–Crippen LogP) is 8.74. The fourth-order valence-corrected chi connectivity index (χ4v) is 6.52. The van der Waals surface area contributed by atoms with Crippen LogP contribution in [-0.2, 0) is 11.4 Å². The molecular formula is C35H40O4. The molecule has 6 rings (SSSR count). The first kappa shape index (κ1) is 26.0. The molecule has 3 saturated carbocycles. The van der Waals surface area contributed by atoms with Crippen LogP contribution in [0.4, 0.5) is 0 Å². The summed E-state index contributed by atoms with van der Waals surface area (Å²) in [5.74, 6) is 2.09. The number of carboxylic acids is 1. The van der Waals surface area contributed by atoms with Crippen molar-refractivity contribution >= 4 is 5.97 Å². The molecule has 0 amide bonds. The number of ether oxygens (including phenoxy) is 2. The molecule has 1 N–H and O–H groups in total. The van der Waals surface area contributed by atoms with Crippen LogP contribution in [0.25, 0.3) is 11.1 Å². The lowest BCUT2D eigenvalue weighted by Crippen LogP contribution is -2.16. The average molecular weight is 525 g/mol. The van der Waals surface area contributed by atoms with Gasteiger partial charge in [-0.1, -0.05) is 62.7 Å². The van der Waals surface area contributed by atoms with Crippen molar-refractivity contribution in [1.29, 1.82) is 0 Å². The van der Waals surface area contributed by atoms with Crippen LogP contribution >= 0.6 is 0 Å². The predicted molar refractivity (Wildman–Crippen MR) is 154 cm³/mol. The highest BCUT2D eigenvalue weighted by atomic mass is 16.5. The van der Waals surface area contributed by atoms with Crippen molar-refractivity contribution in [3.8, 4) is 22.6 Å². The smallest absolute Gasteiger partial charge is 0.303 e. The highest BCUT2D eigenvalue weighted by Crippen LogP contribution is 2.51. The summed E-state index contributed by atoms with van der Waals surface area (Å²) in [5, 5.41) is 9.42. The fourth-order valence-electron chi connectivity index (χ4n) is 6.52. The molecule has 0 heterocycles. The number of hydrogen-bond acceptors (Lipinski definition) is 3. The maximum absolute atomic E-state index is 11.5. The zero-order valence-corrected chi connectivity index (χ0v) is 23.2. The van der Waals surface area contributed by atoms with E-state index in [1.165, 1.54) is 36.0 Å². The van der Waals surface area contributed by atoms with Crippen LogP contribution in [-0.4, -0.2) is 17.2 Å². The topological polar surface area (TPSA) is 55.8 Å². The van der Waals surface area contributed by atoms with Crippen LogP contribution in [0.15, 0.2) is 66.7 Å².